The number of hydrogen-bond acceptors (Lipinski definition) is 3. The Labute approximate surface area is 183 Å². The number of fused-ring (bicyclic) bond motifs is 1. The van der Waals surface area contributed by atoms with Gasteiger partial charge in [-0.3, -0.25) is 4.79 Å². The maximum absolute atomic E-state index is 13.1. The Balaban J connectivity index is 1.34. The molecule has 1 aromatic heterocycles. The first-order valence-electron chi connectivity index (χ1n) is 10.1. The van der Waals surface area contributed by atoms with Crippen LogP contribution in [0, 0.1) is 0 Å². The molecule has 0 fully saturated rings. The molecule has 0 saturated heterocycles. The second-order valence-electron chi connectivity index (χ2n) is 7.74. The van der Waals surface area contributed by atoms with Crippen LogP contribution in [0.5, 0.6) is 0 Å². The van der Waals surface area contributed by atoms with Crippen molar-refractivity contribution in [2.45, 2.75) is 12.8 Å². The van der Waals surface area contributed by atoms with Crippen LogP contribution in [0.1, 0.15) is 21.5 Å². The van der Waals surface area contributed by atoms with Crippen LogP contribution >= 0.6 is 11.6 Å². The third kappa shape index (κ3) is 3.05. The summed E-state index contributed by atoms with van der Waals surface area (Å²) in [5.41, 5.74) is 6.22. The van der Waals surface area contributed by atoms with Crippen LogP contribution in [0.2, 0.25) is 5.02 Å². The molecule has 1 amide bonds. The highest BCUT2D eigenvalue weighted by Crippen LogP contribution is 2.33. The van der Waals surface area contributed by atoms with Gasteiger partial charge in [-0.05, 0) is 77.2 Å². The summed E-state index contributed by atoms with van der Waals surface area (Å²) in [6.07, 6.45) is 2.08. The predicted octanol–water partition coefficient (Wildman–Crippen LogP) is 5.58. The molecule has 1 aliphatic rings. The Bertz CT molecular complexity index is 1490. The summed E-state index contributed by atoms with van der Waals surface area (Å²) in [5, 5.41) is 14.9. The number of nitrogens with zero attached hydrogens (tertiary/aromatic N) is 3. The van der Waals surface area contributed by atoms with Crippen molar-refractivity contribution in [3.05, 3.63) is 94.5 Å². The van der Waals surface area contributed by atoms with Gasteiger partial charge in [0.2, 0.25) is 0 Å². The first-order chi connectivity index (χ1) is 15.2. The Kier molecular flexibility index (Phi) is 4.04. The Hall–Kier alpha value is -3.70. The molecule has 0 radical (unpaired) electrons. The standard InChI is InChI=1S/C25H17ClN4O/c26-17-4-2-5-19(13-17)30-28-22-12-10-18(14-23(22)29-30)27-25(31)21-11-9-16-8-7-15-3-1-6-20(21)24(15)16/h1-6,9-14H,7-8H2,(H,27,31). The zero-order chi connectivity index (χ0) is 20.9. The topological polar surface area (TPSA) is 59.8 Å². The van der Waals surface area contributed by atoms with Crippen LogP contribution < -0.4 is 5.32 Å². The summed E-state index contributed by atoms with van der Waals surface area (Å²) in [6.45, 7) is 0. The largest absolute Gasteiger partial charge is 0.322 e. The first kappa shape index (κ1) is 18.1. The van der Waals surface area contributed by atoms with Crippen molar-refractivity contribution in [3.63, 3.8) is 0 Å². The van der Waals surface area contributed by atoms with E-state index < -0.39 is 0 Å². The molecule has 5 nitrogen and oxygen atoms in total. The minimum atomic E-state index is -0.128. The molecule has 0 spiro atoms. The summed E-state index contributed by atoms with van der Waals surface area (Å²) >= 11 is 6.08. The third-order valence-electron chi connectivity index (χ3n) is 5.80. The molecule has 0 unspecified atom stereocenters. The van der Waals surface area contributed by atoms with E-state index in [1.807, 2.05) is 54.6 Å². The quantitative estimate of drug-likeness (QED) is 0.411. The molecule has 6 rings (SSSR count). The molecule has 0 bridgehead atoms. The van der Waals surface area contributed by atoms with E-state index in [2.05, 4.69) is 27.6 Å². The number of hydrogen-bond donors (Lipinski definition) is 1. The highest BCUT2D eigenvalue weighted by atomic mass is 35.5. The maximum atomic E-state index is 13.1. The number of benzene rings is 4. The van der Waals surface area contributed by atoms with Crippen LogP contribution in [0.4, 0.5) is 5.69 Å². The second-order valence-corrected chi connectivity index (χ2v) is 8.18. The molecular weight excluding hydrogens is 408 g/mol. The molecule has 1 N–H and O–H groups in total. The van der Waals surface area contributed by atoms with E-state index in [1.54, 1.807) is 10.9 Å². The maximum Gasteiger partial charge on any atom is 0.256 e. The number of aryl methyl sites for hydroxylation is 2. The fraction of sp³-hybridized carbons (Fsp3) is 0.0800. The lowest BCUT2D eigenvalue weighted by Crippen LogP contribution is -2.12. The lowest BCUT2D eigenvalue weighted by atomic mass is 9.99. The van der Waals surface area contributed by atoms with E-state index in [-0.39, 0.29) is 5.91 Å². The smallest absolute Gasteiger partial charge is 0.256 e. The van der Waals surface area contributed by atoms with Gasteiger partial charge in [-0.2, -0.15) is 4.80 Å². The molecular formula is C25H17ClN4O. The number of rotatable bonds is 3. The molecule has 150 valence electrons. The van der Waals surface area contributed by atoms with Crippen LogP contribution in [0.25, 0.3) is 27.5 Å². The van der Waals surface area contributed by atoms with Gasteiger partial charge in [0.05, 0.1) is 5.69 Å². The molecule has 6 heteroatoms. The van der Waals surface area contributed by atoms with Gasteiger partial charge in [0.1, 0.15) is 11.0 Å². The van der Waals surface area contributed by atoms with Gasteiger partial charge in [-0.1, -0.05) is 41.9 Å². The van der Waals surface area contributed by atoms with Crippen molar-refractivity contribution in [2.24, 2.45) is 0 Å². The van der Waals surface area contributed by atoms with E-state index in [1.165, 1.54) is 16.5 Å². The molecule has 0 aliphatic heterocycles. The Morgan fingerprint density at radius 3 is 2.55 bits per heavy atom. The fourth-order valence-corrected chi connectivity index (χ4v) is 4.54. The van der Waals surface area contributed by atoms with Crippen LogP contribution in [0.15, 0.2) is 72.8 Å². The Morgan fingerprint density at radius 2 is 1.68 bits per heavy atom. The van der Waals surface area contributed by atoms with Crippen molar-refractivity contribution >= 4 is 45.0 Å². The average Bonchev–Trinajstić information content (AvgIpc) is 3.39. The summed E-state index contributed by atoms with van der Waals surface area (Å²) in [5.74, 6) is -0.128. The van der Waals surface area contributed by atoms with Gasteiger partial charge in [0.25, 0.3) is 5.91 Å². The van der Waals surface area contributed by atoms with Crippen molar-refractivity contribution in [1.82, 2.24) is 15.0 Å². The number of aromatic nitrogens is 3. The summed E-state index contributed by atoms with van der Waals surface area (Å²) in [7, 11) is 0. The first-order valence-corrected chi connectivity index (χ1v) is 10.5. The molecule has 4 aromatic carbocycles. The zero-order valence-corrected chi connectivity index (χ0v) is 17.2. The van der Waals surface area contributed by atoms with Crippen molar-refractivity contribution in [2.75, 3.05) is 5.32 Å². The molecule has 31 heavy (non-hydrogen) atoms. The highest BCUT2D eigenvalue weighted by Gasteiger charge is 2.19. The number of nitrogens with one attached hydrogen (secondary N) is 1. The van der Waals surface area contributed by atoms with Gasteiger partial charge in [-0.15, -0.1) is 10.2 Å². The predicted molar refractivity (Wildman–Crippen MR) is 123 cm³/mol. The minimum absolute atomic E-state index is 0.128. The molecule has 0 saturated carbocycles. The van der Waals surface area contributed by atoms with E-state index in [0.29, 0.717) is 21.8 Å². The summed E-state index contributed by atoms with van der Waals surface area (Å²) in [6, 6.07) is 23.1. The van der Waals surface area contributed by atoms with Crippen LogP contribution in [-0.2, 0) is 12.8 Å². The van der Waals surface area contributed by atoms with E-state index in [9.17, 15) is 4.79 Å². The number of anilines is 1. The number of carbonyl (C=O) groups is 1. The van der Waals surface area contributed by atoms with Crippen molar-refractivity contribution in [1.29, 1.82) is 0 Å². The fourth-order valence-electron chi connectivity index (χ4n) is 4.35. The van der Waals surface area contributed by atoms with Gasteiger partial charge >= 0.3 is 0 Å². The second kappa shape index (κ2) is 6.93. The van der Waals surface area contributed by atoms with Gasteiger partial charge in [0, 0.05) is 16.3 Å². The van der Waals surface area contributed by atoms with Crippen LogP contribution in [0.3, 0.4) is 0 Å². The summed E-state index contributed by atoms with van der Waals surface area (Å²) < 4.78 is 0. The normalized spacial score (nSPS) is 12.5. The lowest BCUT2D eigenvalue weighted by molar-refractivity contribution is 0.102. The Morgan fingerprint density at radius 1 is 0.871 bits per heavy atom. The van der Waals surface area contributed by atoms with E-state index in [4.69, 9.17) is 11.6 Å². The van der Waals surface area contributed by atoms with Crippen molar-refractivity contribution in [3.8, 4) is 5.69 Å². The lowest BCUT2D eigenvalue weighted by Gasteiger charge is -2.10. The number of carbonyl (C=O) groups excluding carboxylic acids is 1. The number of halogens is 1. The summed E-state index contributed by atoms with van der Waals surface area (Å²) in [4.78, 5) is 14.7. The van der Waals surface area contributed by atoms with Gasteiger partial charge in [-0.25, -0.2) is 0 Å². The zero-order valence-electron chi connectivity index (χ0n) is 16.5. The molecule has 5 aromatic rings. The van der Waals surface area contributed by atoms with E-state index in [0.717, 1.165) is 29.4 Å². The minimum Gasteiger partial charge on any atom is -0.322 e. The van der Waals surface area contributed by atoms with E-state index >= 15 is 0 Å². The monoisotopic (exact) mass is 424 g/mol. The number of amides is 1. The molecule has 1 aliphatic carbocycles. The third-order valence-corrected chi connectivity index (χ3v) is 6.03. The highest BCUT2D eigenvalue weighted by molar-refractivity contribution is 6.30. The SMILES string of the molecule is O=C(Nc1ccc2nn(-c3cccc(Cl)c3)nc2c1)c1ccc2c3c(cccc13)CC2. The average molecular weight is 425 g/mol. The van der Waals surface area contributed by atoms with Gasteiger partial charge < -0.3 is 5.32 Å². The van der Waals surface area contributed by atoms with Crippen LogP contribution in [-0.4, -0.2) is 20.9 Å². The van der Waals surface area contributed by atoms with Crippen molar-refractivity contribution < 1.29 is 4.79 Å². The molecule has 0 atom stereocenters. The molecule has 1 heterocycles. The van der Waals surface area contributed by atoms with Gasteiger partial charge in [0.15, 0.2) is 0 Å².